The van der Waals surface area contributed by atoms with Gasteiger partial charge < -0.3 is 0 Å². The van der Waals surface area contributed by atoms with Crippen LogP contribution in [0.15, 0.2) is 18.2 Å². The highest BCUT2D eigenvalue weighted by Crippen LogP contribution is 2.22. The van der Waals surface area contributed by atoms with Gasteiger partial charge in [0.1, 0.15) is 0 Å². The van der Waals surface area contributed by atoms with Crippen LogP contribution in [0.25, 0.3) is 0 Å². The molecule has 0 atom stereocenters. The summed E-state index contributed by atoms with van der Waals surface area (Å²) in [4.78, 5) is 11.3. The van der Waals surface area contributed by atoms with Crippen molar-refractivity contribution < 1.29 is 4.79 Å². The van der Waals surface area contributed by atoms with Crippen molar-refractivity contribution in [1.82, 2.24) is 5.32 Å². The number of nitrogens with one attached hydrogen (secondary N) is 1. The number of fused-ring (bicyclic) bond motifs is 1. The van der Waals surface area contributed by atoms with Gasteiger partial charge in [0.15, 0.2) is 6.19 Å². The van der Waals surface area contributed by atoms with Crippen molar-refractivity contribution >= 4 is 5.91 Å². The lowest BCUT2D eigenvalue weighted by Gasteiger charge is -2.01. The highest BCUT2D eigenvalue weighted by atomic mass is 16.1. The normalized spacial score (nSPS) is 13.1. The minimum absolute atomic E-state index is 0.317. The molecule has 0 bridgehead atoms. The zero-order valence-electron chi connectivity index (χ0n) is 7.71. The first-order valence-corrected chi connectivity index (χ1v) is 4.62. The molecule has 1 aromatic rings. The smallest absolute Gasteiger partial charge is 0.264 e. The molecule has 14 heavy (non-hydrogen) atoms. The molecule has 0 saturated heterocycles. The number of rotatable bonds is 1. The van der Waals surface area contributed by atoms with E-state index in [1.165, 1.54) is 17.5 Å². The summed E-state index contributed by atoms with van der Waals surface area (Å²) >= 11 is 0. The monoisotopic (exact) mass is 186 g/mol. The SMILES string of the molecule is N#CNC(=O)c1ccc2c(c1)CCC2. The molecule has 0 heterocycles. The molecule has 1 N–H and O–H groups in total. The number of nitrogens with zero attached hydrogens (tertiary/aromatic N) is 1. The Hall–Kier alpha value is -1.82. The molecule has 1 aliphatic carbocycles. The number of nitriles is 1. The summed E-state index contributed by atoms with van der Waals surface area (Å²) in [6.07, 6.45) is 4.95. The van der Waals surface area contributed by atoms with E-state index in [0.29, 0.717) is 5.56 Å². The van der Waals surface area contributed by atoms with E-state index in [4.69, 9.17) is 5.26 Å². The molecule has 0 fully saturated rings. The topological polar surface area (TPSA) is 52.9 Å². The number of aryl methyl sites for hydroxylation is 2. The molecule has 0 saturated carbocycles. The Morgan fingerprint density at radius 1 is 1.36 bits per heavy atom. The third-order valence-electron chi connectivity index (χ3n) is 2.53. The molecule has 3 heteroatoms. The van der Waals surface area contributed by atoms with E-state index in [-0.39, 0.29) is 5.91 Å². The van der Waals surface area contributed by atoms with Crippen LogP contribution in [-0.4, -0.2) is 5.91 Å². The predicted molar refractivity (Wildman–Crippen MR) is 51.5 cm³/mol. The fourth-order valence-electron chi connectivity index (χ4n) is 1.84. The van der Waals surface area contributed by atoms with Gasteiger partial charge in [-0.05, 0) is 42.5 Å². The van der Waals surface area contributed by atoms with Gasteiger partial charge in [0.25, 0.3) is 5.91 Å². The number of carbonyl (C=O) groups is 1. The Labute approximate surface area is 82.4 Å². The fraction of sp³-hybridized carbons (Fsp3) is 0.273. The summed E-state index contributed by atoms with van der Waals surface area (Å²) in [6.45, 7) is 0. The molecule has 1 amide bonds. The van der Waals surface area contributed by atoms with Crippen LogP contribution in [0.3, 0.4) is 0 Å². The number of carbonyl (C=O) groups excluding carboxylic acids is 1. The van der Waals surface area contributed by atoms with Crippen LogP contribution in [0.1, 0.15) is 27.9 Å². The standard InChI is InChI=1S/C11H10N2O/c12-7-13-11(14)10-5-4-8-2-1-3-9(8)6-10/h4-6H,1-3H2,(H,13,14). The van der Waals surface area contributed by atoms with E-state index in [0.717, 1.165) is 12.8 Å². The second-order valence-electron chi connectivity index (χ2n) is 3.40. The largest absolute Gasteiger partial charge is 0.268 e. The maximum atomic E-state index is 11.3. The number of benzene rings is 1. The molecule has 70 valence electrons. The van der Waals surface area contributed by atoms with Gasteiger partial charge in [-0.15, -0.1) is 0 Å². The second kappa shape index (κ2) is 3.51. The number of amides is 1. The van der Waals surface area contributed by atoms with Crippen molar-refractivity contribution in [3.63, 3.8) is 0 Å². The van der Waals surface area contributed by atoms with Crippen LogP contribution in [0.5, 0.6) is 0 Å². The van der Waals surface area contributed by atoms with Crippen LogP contribution in [0.4, 0.5) is 0 Å². The number of hydrogen-bond donors (Lipinski definition) is 1. The van der Waals surface area contributed by atoms with Crippen LogP contribution in [0, 0.1) is 11.5 Å². The minimum atomic E-state index is -0.317. The number of hydrogen-bond acceptors (Lipinski definition) is 2. The summed E-state index contributed by atoms with van der Waals surface area (Å²) in [6, 6.07) is 5.64. The van der Waals surface area contributed by atoms with E-state index in [2.05, 4.69) is 5.32 Å². The maximum Gasteiger partial charge on any atom is 0.264 e. The van der Waals surface area contributed by atoms with Crippen LogP contribution in [0.2, 0.25) is 0 Å². The second-order valence-corrected chi connectivity index (χ2v) is 3.40. The summed E-state index contributed by atoms with van der Waals surface area (Å²) in [7, 11) is 0. The maximum absolute atomic E-state index is 11.3. The summed E-state index contributed by atoms with van der Waals surface area (Å²) in [5.41, 5.74) is 3.15. The Morgan fingerprint density at radius 2 is 2.14 bits per heavy atom. The van der Waals surface area contributed by atoms with Crippen molar-refractivity contribution in [2.45, 2.75) is 19.3 Å². The average Bonchev–Trinajstić information content (AvgIpc) is 2.64. The fourth-order valence-corrected chi connectivity index (χ4v) is 1.84. The van der Waals surface area contributed by atoms with Gasteiger partial charge in [0, 0.05) is 5.56 Å². The highest BCUT2D eigenvalue weighted by Gasteiger charge is 2.13. The van der Waals surface area contributed by atoms with Crippen molar-refractivity contribution in [2.75, 3.05) is 0 Å². The summed E-state index contributed by atoms with van der Waals surface area (Å²) < 4.78 is 0. The molecule has 0 radical (unpaired) electrons. The Kier molecular flexibility index (Phi) is 2.19. The van der Waals surface area contributed by atoms with Crippen LogP contribution >= 0.6 is 0 Å². The molecule has 0 unspecified atom stereocenters. The molecule has 0 aromatic heterocycles. The predicted octanol–water partition coefficient (Wildman–Crippen LogP) is 1.39. The third-order valence-corrected chi connectivity index (χ3v) is 2.53. The molecule has 0 aliphatic heterocycles. The van der Waals surface area contributed by atoms with Gasteiger partial charge in [0.2, 0.25) is 0 Å². The van der Waals surface area contributed by atoms with E-state index >= 15 is 0 Å². The van der Waals surface area contributed by atoms with Gasteiger partial charge >= 0.3 is 0 Å². The van der Waals surface area contributed by atoms with Gasteiger partial charge in [-0.25, -0.2) is 0 Å². The lowest BCUT2D eigenvalue weighted by molar-refractivity contribution is 0.0973. The first-order chi connectivity index (χ1) is 6.81. The molecule has 1 aliphatic rings. The van der Waals surface area contributed by atoms with Crippen molar-refractivity contribution in [3.8, 4) is 6.19 Å². The first-order valence-electron chi connectivity index (χ1n) is 4.62. The zero-order valence-corrected chi connectivity index (χ0v) is 7.71. The molecular formula is C11H10N2O. The minimum Gasteiger partial charge on any atom is -0.268 e. The first kappa shape index (κ1) is 8.76. The lowest BCUT2D eigenvalue weighted by Crippen LogP contribution is -2.17. The highest BCUT2D eigenvalue weighted by molar-refractivity contribution is 5.95. The molecule has 1 aromatic carbocycles. The molecule has 3 nitrogen and oxygen atoms in total. The van der Waals surface area contributed by atoms with E-state index in [9.17, 15) is 4.79 Å². The Morgan fingerprint density at radius 3 is 2.93 bits per heavy atom. The Balaban J connectivity index is 2.29. The zero-order chi connectivity index (χ0) is 9.97. The van der Waals surface area contributed by atoms with Gasteiger partial charge in [0.05, 0.1) is 0 Å². The van der Waals surface area contributed by atoms with E-state index in [1.54, 1.807) is 12.3 Å². The van der Waals surface area contributed by atoms with Crippen molar-refractivity contribution in [1.29, 1.82) is 5.26 Å². The summed E-state index contributed by atoms with van der Waals surface area (Å²) in [5, 5.41) is 10.4. The third kappa shape index (κ3) is 1.47. The molecule has 2 rings (SSSR count). The molecule has 0 spiro atoms. The van der Waals surface area contributed by atoms with E-state index < -0.39 is 0 Å². The molecular weight excluding hydrogens is 176 g/mol. The van der Waals surface area contributed by atoms with Crippen molar-refractivity contribution in [3.05, 3.63) is 34.9 Å². The Bertz CT molecular complexity index is 418. The quantitative estimate of drug-likeness (QED) is 0.532. The van der Waals surface area contributed by atoms with Gasteiger partial charge in [-0.1, -0.05) is 6.07 Å². The van der Waals surface area contributed by atoms with Gasteiger partial charge in [-0.2, -0.15) is 5.26 Å². The van der Waals surface area contributed by atoms with Gasteiger partial charge in [-0.3, -0.25) is 10.1 Å². The summed E-state index contributed by atoms with van der Waals surface area (Å²) in [5.74, 6) is -0.317. The van der Waals surface area contributed by atoms with Crippen LogP contribution < -0.4 is 5.32 Å². The lowest BCUT2D eigenvalue weighted by atomic mass is 10.1. The average molecular weight is 186 g/mol. The van der Waals surface area contributed by atoms with Crippen LogP contribution in [-0.2, 0) is 12.8 Å². The van der Waals surface area contributed by atoms with E-state index in [1.807, 2.05) is 12.1 Å². The van der Waals surface area contributed by atoms with Crippen molar-refractivity contribution in [2.24, 2.45) is 0 Å².